The number of carbonyl (C=O) groups is 1. The van der Waals surface area contributed by atoms with Gasteiger partial charge in [0.2, 0.25) is 5.91 Å². The number of rotatable bonds is 6. The first-order valence-electron chi connectivity index (χ1n) is 7.87. The lowest BCUT2D eigenvalue weighted by atomic mass is 10.3. The van der Waals surface area contributed by atoms with Gasteiger partial charge in [0, 0.05) is 12.3 Å². The van der Waals surface area contributed by atoms with Gasteiger partial charge in [-0.3, -0.25) is 4.79 Å². The molecule has 0 fully saturated rings. The maximum Gasteiger partial charge on any atom is 0.238 e. The Labute approximate surface area is 164 Å². The maximum atomic E-state index is 12.4. The van der Waals surface area contributed by atoms with Crippen LogP contribution in [0.3, 0.4) is 0 Å². The van der Waals surface area contributed by atoms with Gasteiger partial charge in [0.15, 0.2) is 11.0 Å². The van der Waals surface area contributed by atoms with Crippen molar-refractivity contribution in [2.24, 2.45) is 0 Å². The smallest absolute Gasteiger partial charge is 0.238 e. The van der Waals surface area contributed by atoms with Gasteiger partial charge in [0.1, 0.15) is 5.75 Å². The largest absolute Gasteiger partial charge is 0.494 e. The summed E-state index contributed by atoms with van der Waals surface area (Å²) in [6.07, 6.45) is 1.43. The van der Waals surface area contributed by atoms with Crippen molar-refractivity contribution >= 4 is 57.7 Å². The molecule has 1 amide bonds. The highest BCUT2D eigenvalue weighted by Gasteiger charge is 2.18. The van der Waals surface area contributed by atoms with Crippen molar-refractivity contribution in [1.29, 1.82) is 0 Å². The molecule has 6 nitrogen and oxygen atoms in total. The fraction of sp³-hybridized carbons (Fsp3) is 0.235. The zero-order chi connectivity index (χ0) is 18.7. The van der Waals surface area contributed by atoms with Gasteiger partial charge in [-0.2, -0.15) is 0 Å². The maximum absolute atomic E-state index is 12.4. The number of halogens is 2. The van der Waals surface area contributed by atoms with Crippen LogP contribution in [0.1, 0.15) is 13.8 Å². The van der Waals surface area contributed by atoms with Crippen molar-refractivity contribution in [3.05, 3.63) is 40.5 Å². The molecule has 0 aliphatic rings. The van der Waals surface area contributed by atoms with Crippen LogP contribution in [-0.2, 0) is 4.79 Å². The fourth-order valence-electron chi connectivity index (χ4n) is 2.22. The van der Waals surface area contributed by atoms with E-state index < -0.39 is 5.25 Å². The minimum absolute atomic E-state index is 0.234. The number of hydrogen-bond acceptors (Lipinski definition) is 5. The van der Waals surface area contributed by atoms with Crippen LogP contribution >= 0.6 is 35.0 Å². The van der Waals surface area contributed by atoms with Crippen LogP contribution < -0.4 is 10.1 Å². The molecule has 2 heterocycles. The van der Waals surface area contributed by atoms with E-state index >= 15 is 0 Å². The molecule has 0 saturated carbocycles. The summed E-state index contributed by atoms with van der Waals surface area (Å²) < 4.78 is 5.48. The van der Waals surface area contributed by atoms with Crippen LogP contribution in [0.5, 0.6) is 5.75 Å². The van der Waals surface area contributed by atoms with E-state index in [1.54, 1.807) is 6.92 Å². The Morgan fingerprint density at radius 2 is 2.19 bits per heavy atom. The SMILES string of the molecule is CCOc1ccc2nc(S[C@@H](C)C(=O)Nc3ncc(Cl)cc3Cl)[nH]c2c1. The standard InChI is InChI=1S/C17H16Cl2N4O2S/c1-3-25-11-4-5-13-14(7-11)22-17(21-13)26-9(2)16(24)23-15-12(19)6-10(18)8-20-15/h4-9H,3H2,1-2H3,(H,21,22)(H,20,23,24)/t9-/m0/s1. The number of hydrogen-bond donors (Lipinski definition) is 2. The van der Waals surface area contributed by atoms with Gasteiger partial charge in [-0.25, -0.2) is 9.97 Å². The van der Waals surface area contributed by atoms with E-state index in [1.807, 2.05) is 25.1 Å². The lowest BCUT2D eigenvalue weighted by Crippen LogP contribution is -2.23. The number of carbonyl (C=O) groups excluding carboxylic acids is 1. The van der Waals surface area contributed by atoms with E-state index in [0.29, 0.717) is 16.8 Å². The number of H-pyrrole nitrogens is 1. The zero-order valence-corrected chi connectivity index (χ0v) is 16.4. The van der Waals surface area contributed by atoms with Crippen LogP contribution in [0.25, 0.3) is 11.0 Å². The summed E-state index contributed by atoms with van der Waals surface area (Å²) in [6.45, 7) is 4.31. The molecule has 0 saturated heterocycles. The Kier molecular flexibility index (Phi) is 5.90. The third-order valence-electron chi connectivity index (χ3n) is 3.45. The lowest BCUT2D eigenvalue weighted by molar-refractivity contribution is -0.115. The summed E-state index contributed by atoms with van der Waals surface area (Å²) in [5, 5.41) is 3.63. The number of aromatic nitrogens is 3. The van der Waals surface area contributed by atoms with Gasteiger partial charge in [-0.15, -0.1) is 0 Å². The number of nitrogens with one attached hydrogen (secondary N) is 2. The summed E-state index contributed by atoms with van der Waals surface area (Å²) in [5.41, 5.74) is 1.67. The van der Waals surface area contributed by atoms with Gasteiger partial charge < -0.3 is 15.0 Å². The highest BCUT2D eigenvalue weighted by molar-refractivity contribution is 8.00. The minimum Gasteiger partial charge on any atom is -0.494 e. The summed E-state index contributed by atoms with van der Waals surface area (Å²) in [6, 6.07) is 7.16. The highest BCUT2D eigenvalue weighted by Crippen LogP contribution is 2.27. The van der Waals surface area contributed by atoms with Crippen LogP contribution in [0.4, 0.5) is 5.82 Å². The Bertz CT molecular complexity index is 948. The molecule has 0 unspecified atom stereocenters. The zero-order valence-electron chi connectivity index (χ0n) is 14.0. The Hall–Kier alpha value is -1.96. The Balaban J connectivity index is 1.69. The second-order valence-corrected chi connectivity index (χ2v) is 7.56. The molecule has 0 radical (unpaired) electrons. The summed E-state index contributed by atoms with van der Waals surface area (Å²) in [5.74, 6) is 0.816. The quantitative estimate of drug-likeness (QED) is 0.571. The molecular weight excluding hydrogens is 395 g/mol. The number of ether oxygens (including phenoxy) is 1. The third-order valence-corrected chi connectivity index (χ3v) is 4.93. The van der Waals surface area contributed by atoms with Gasteiger partial charge >= 0.3 is 0 Å². The van der Waals surface area contributed by atoms with Crippen molar-refractivity contribution in [2.45, 2.75) is 24.3 Å². The summed E-state index contributed by atoms with van der Waals surface area (Å²) in [7, 11) is 0. The number of benzene rings is 1. The van der Waals surface area contributed by atoms with Gasteiger partial charge in [-0.1, -0.05) is 35.0 Å². The number of nitrogens with zero attached hydrogens (tertiary/aromatic N) is 2. The monoisotopic (exact) mass is 410 g/mol. The number of fused-ring (bicyclic) bond motifs is 1. The number of pyridine rings is 1. The second-order valence-electron chi connectivity index (χ2n) is 5.39. The first-order valence-corrected chi connectivity index (χ1v) is 9.51. The van der Waals surface area contributed by atoms with Gasteiger partial charge in [0.05, 0.1) is 32.9 Å². The van der Waals surface area contributed by atoms with Crippen molar-refractivity contribution in [3.63, 3.8) is 0 Å². The van der Waals surface area contributed by atoms with Crippen LogP contribution in [0.15, 0.2) is 35.6 Å². The van der Waals surface area contributed by atoms with Crippen LogP contribution in [0.2, 0.25) is 10.0 Å². The first kappa shape index (κ1) is 18.8. The van der Waals surface area contributed by atoms with Crippen molar-refractivity contribution in [2.75, 3.05) is 11.9 Å². The van der Waals surface area contributed by atoms with E-state index in [0.717, 1.165) is 16.8 Å². The van der Waals surface area contributed by atoms with Crippen LogP contribution in [0, 0.1) is 0 Å². The minimum atomic E-state index is -0.407. The average Bonchev–Trinajstić information content (AvgIpc) is 2.99. The predicted molar refractivity (Wildman–Crippen MR) is 105 cm³/mol. The average molecular weight is 411 g/mol. The molecule has 0 aliphatic carbocycles. The number of aromatic amines is 1. The van der Waals surface area contributed by atoms with E-state index in [4.69, 9.17) is 27.9 Å². The van der Waals surface area contributed by atoms with Crippen molar-refractivity contribution in [1.82, 2.24) is 15.0 Å². The van der Waals surface area contributed by atoms with E-state index in [-0.39, 0.29) is 16.7 Å². The molecule has 9 heteroatoms. The van der Waals surface area contributed by atoms with Crippen molar-refractivity contribution in [3.8, 4) is 5.75 Å². The molecule has 2 N–H and O–H groups in total. The number of amides is 1. The molecule has 3 aromatic rings. The molecule has 2 aromatic heterocycles. The predicted octanol–water partition coefficient (Wildman–Crippen LogP) is 4.78. The third kappa shape index (κ3) is 4.41. The number of thioether (sulfide) groups is 1. The molecule has 26 heavy (non-hydrogen) atoms. The van der Waals surface area contributed by atoms with E-state index in [9.17, 15) is 4.79 Å². The molecular formula is C17H16Cl2N4O2S. The Morgan fingerprint density at radius 3 is 2.92 bits per heavy atom. The second kappa shape index (κ2) is 8.16. The molecule has 3 rings (SSSR count). The first-order chi connectivity index (χ1) is 12.5. The molecule has 136 valence electrons. The normalized spacial score (nSPS) is 12.2. The van der Waals surface area contributed by atoms with Crippen LogP contribution in [-0.4, -0.2) is 32.7 Å². The highest BCUT2D eigenvalue weighted by atomic mass is 35.5. The summed E-state index contributed by atoms with van der Waals surface area (Å²) in [4.78, 5) is 24.1. The number of imidazole rings is 1. The molecule has 0 spiro atoms. The van der Waals surface area contributed by atoms with Gasteiger partial charge in [-0.05, 0) is 32.0 Å². The van der Waals surface area contributed by atoms with Gasteiger partial charge in [0.25, 0.3) is 0 Å². The van der Waals surface area contributed by atoms with Crippen molar-refractivity contribution < 1.29 is 9.53 Å². The topological polar surface area (TPSA) is 79.9 Å². The number of anilines is 1. The van der Waals surface area contributed by atoms with E-state index in [1.165, 1.54) is 24.0 Å². The molecule has 0 bridgehead atoms. The van der Waals surface area contributed by atoms with E-state index in [2.05, 4.69) is 20.3 Å². The summed E-state index contributed by atoms with van der Waals surface area (Å²) >= 11 is 13.1. The fourth-order valence-corrected chi connectivity index (χ4v) is 3.47. The Morgan fingerprint density at radius 1 is 1.38 bits per heavy atom. The molecule has 1 aromatic carbocycles. The molecule has 1 atom stereocenters. The molecule has 0 aliphatic heterocycles. The lowest BCUT2D eigenvalue weighted by Gasteiger charge is -2.11.